The zero-order chi connectivity index (χ0) is 15.8. The largest absolute Gasteiger partial charge is 0.387 e. The van der Waals surface area contributed by atoms with Gasteiger partial charge in [-0.2, -0.15) is 4.31 Å². The Morgan fingerprint density at radius 1 is 1.24 bits per heavy atom. The fourth-order valence-corrected chi connectivity index (χ4v) is 4.07. The van der Waals surface area contributed by atoms with Crippen molar-refractivity contribution >= 4 is 27.5 Å². The molecule has 1 aliphatic heterocycles. The van der Waals surface area contributed by atoms with Crippen molar-refractivity contribution in [3.8, 4) is 0 Å². The second-order valence-corrected chi connectivity index (χ2v) is 7.02. The van der Waals surface area contributed by atoms with Gasteiger partial charge in [-0.05, 0) is 26.0 Å². The molecule has 0 atom stereocenters. The molecular weight excluding hydrogens is 294 g/mol. The van der Waals surface area contributed by atoms with Crippen LogP contribution in [0.25, 0.3) is 0 Å². The highest BCUT2D eigenvalue weighted by atomic mass is 32.2. The molecule has 0 aliphatic carbocycles. The van der Waals surface area contributed by atoms with Gasteiger partial charge in [0.05, 0.1) is 12.2 Å². The number of nitrogens with zero attached hydrogens (tertiary/aromatic N) is 1. The van der Waals surface area contributed by atoms with E-state index in [1.807, 2.05) is 0 Å². The topological polar surface area (TPSA) is 95.6 Å². The molecule has 1 aromatic rings. The van der Waals surface area contributed by atoms with Crippen molar-refractivity contribution in [3.63, 3.8) is 0 Å². The molecule has 0 saturated carbocycles. The molecule has 1 aromatic carbocycles. The number of hydrogen-bond donors (Lipinski definition) is 2. The van der Waals surface area contributed by atoms with Crippen molar-refractivity contribution < 1.29 is 18.0 Å². The summed E-state index contributed by atoms with van der Waals surface area (Å²) >= 11 is 0. The lowest BCUT2D eigenvalue weighted by molar-refractivity contribution is -0.141. The molecule has 0 bridgehead atoms. The van der Waals surface area contributed by atoms with Crippen LogP contribution in [0.3, 0.4) is 0 Å². The number of carbonyl (C=O) groups excluding carboxylic acids is 2. The van der Waals surface area contributed by atoms with Gasteiger partial charge in [-0.25, -0.2) is 8.42 Å². The first kappa shape index (κ1) is 15.5. The van der Waals surface area contributed by atoms with E-state index in [0.29, 0.717) is 5.69 Å². The maximum atomic E-state index is 12.8. The maximum absolute atomic E-state index is 12.8. The number of sulfonamides is 1. The molecule has 0 radical (unpaired) electrons. The zero-order valence-electron chi connectivity index (χ0n) is 12.0. The van der Waals surface area contributed by atoms with Gasteiger partial charge in [0.2, 0.25) is 21.8 Å². The van der Waals surface area contributed by atoms with E-state index in [1.54, 1.807) is 25.2 Å². The van der Waals surface area contributed by atoms with Gasteiger partial charge in [0, 0.05) is 7.05 Å². The Balaban J connectivity index is 2.57. The summed E-state index contributed by atoms with van der Waals surface area (Å²) in [6, 6.07) is 6.34. The van der Waals surface area contributed by atoms with Crippen LogP contribution >= 0.6 is 0 Å². The second-order valence-electron chi connectivity index (χ2n) is 5.19. The van der Waals surface area contributed by atoms with Crippen molar-refractivity contribution in [1.82, 2.24) is 9.62 Å². The van der Waals surface area contributed by atoms with Gasteiger partial charge in [-0.3, -0.25) is 14.9 Å². The number of para-hydroxylation sites is 1. The highest BCUT2D eigenvalue weighted by Gasteiger charge is 2.48. The van der Waals surface area contributed by atoms with Crippen LogP contribution in [0.15, 0.2) is 29.2 Å². The standard InChI is InChI=1S/C13H17N3O4S/c1-13(2)12(18)15-11(17)8-16(13)21(19,20)10-7-5-4-6-9(10)14-3/h4-7,14H,8H2,1-3H3,(H,15,17,18). The van der Waals surface area contributed by atoms with Gasteiger partial charge >= 0.3 is 0 Å². The molecule has 114 valence electrons. The molecule has 1 fully saturated rings. The fourth-order valence-electron chi connectivity index (χ4n) is 2.16. The van der Waals surface area contributed by atoms with E-state index in [0.717, 1.165) is 4.31 Å². The van der Waals surface area contributed by atoms with Crippen LogP contribution in [0, 0.1) is 0 Å². The predicted octanol–water partition coefficient (Wildman–Crippen LogP) is 0.154. The monoisotopic (exact) mass is 311 g/mol. The molecule has 0 aromatic heterocycles. The number of amides is 2. The van der Waals surface area contributed by atoms with Crippen LogP contribution in [0.5, 0.6) is 0 Å². The Morgan fingerprint density at radius 2 is 1.86 bits per heavy atom. The number of hydrogen-bond acceptors (Lipinski definition) is 5. The van der Waals surface area contributed by atoms with Crippen molar-refractivity contribution in [2.24, 2.45) is 0 Å². The Labute approximate surface area is 123 Å². The summed E-state index contributed by atoms with van der Waals surface area (Å²) in [6.45, 7) is 2.54. The molecule has 7 nitrogen and oxygen atoms in total. The molecule has 0 spiro atoms. The lowest BCUT2D eigenvalue weighted by Crippen LogP contribution is -2.65. The third-order valence-corrected chi connectivity index (χ3v) is 5.52. The Kier molecular flexibility index (Phi) is 3.77. The summed E-state index contributed by atoms with van der Waals surface area (Å²) < 4.78 is 26.6. The summed E-state index contributed by atoms with van der Waals surface area (Å²) in [5, 5.41) is 4.95. The van der Waals surface area contributed by atoms with E-state index in [1.165, 1.54) is 19.9 Å². The molecule has 1 saturated heterocycles. The smallest absolute Gasteiger partial charge is 0.247 e. The van der Waals surface area contributed by atoms with Gasteiger partial charge in [-0.15, -0.1) is 0 Å². The summed E-state index contributed by atoms with van der Waals surface area (Å²) in [4.78, 5) is 23.5. The minimum absolute atomic E-state index is 0.0306. The number of rotatable bonds is 3. The van der Waals surface area contributed by atoms with Crippen molar-refractivity contribution in [2.45, 2.75) is 24.3 Å². The van der Waals surface area contributed by atoms with Crippen LogP contribution < -0.4 is 10.6 Å². The minimum atomic E-state index is -3.99. The van der Waals surface area contributed by atoms with Crippen molar-refractivity contribution in [2.75, 3.05) is 18.9 Å². The minimum Gasteiger partial charge on any atom is -0.387 e. The summed E-state index contributed by atoms with van der Waals surface area (Å²) in [7, 11) is -2.38. The summed E-state index contributed by atoms with van der Waals surface area (Å²) in [6.07, 6.45) is 0. The molecule has 1 aliphatic rings. The number of benzene rings is 1. The Bertz CT molecular complexity index is 697. The average Bonchev–Trinajstić information content (AvgIpc) is 2.43. The Hall–Kier alpha value is -1.93. The third-order valence-electron chi connectivity index (χ3n) is 3.44. The third kappa shape index (κ3) is 2.52. The second kappa shape index (κ2) is 5.12. The molecule has 8 heteroatoms. The van der Waals surface area contributed by atoms with Crippen LogP contribution in [0.2, 0.25) is 0 Å². The van der Waals surface area contributed by atoms with E-state index in [9.17, 15) is 18.0 Å². The number of imide groups is 1. The average molecular weight is 311 g/mol. The molecule has 2 rings (SSSR count). The van der Waals surface area contributed by atoms with Gasteiger partial charge in [0.15, 0.2) is 0 Å². The van der Waals surface area contributed by atoms with Crippen molar-refractivity contribution in [1.29, 1.82) is 0 Å². The van der Waals surface area contributed by atoms with E-state index in [4.69, 9.17) is 0 Å². The predicted molar refractivity (Wildman–Crippen MR) is 77.1 cm³/mol. The van der Waals surface area contributed by atoms with Crippen LogP contribution in [0.1, 0.15) is 13.8 Å². The van der Waals surface area contributed by atoms with E-state index in [-0.39, 0.29) is 11.4 Å². The highest BCUT2D eigenvalue weighted by Crippen LogP contribution is 2.30. The lowest BCUT2D eigenvalue weighted by atomic mass is 10.0. The SMILES string of the molecule is CNc1ccccc1S(=O)(=O)N1CC(=O)NC(=O)C1(C)C. The van der Waals surface area contributed by atoms with Gasteiger partial charge in [-0.1, -0.05) is 12.1 Å². The summed E-state index contributed by atoms with van der Waals surface area (Å²) in [5.41, 5.74) is -0.931. The molecule has 1 heterocycles. The lowest BCUT2D eigenvalue weighted by Gasteiger charge is -2.39. The van der Waals surface area contributed by atoms with Gasteiger partial charge in [0.25, 0.3) is 0 Å². The first-order valence-electron chi connectivity index (χ1n) is 6.35. The molecule has 21 heavy (non-hydrogen) atoms. The van der Waals surface area contributed by atoms with Gasteiger partial charge in [0.1, 0.15) is 10.4 Å². The van der Waals surface area contributed by atoms with E-state index < -0.39 is 27.4 Å². The fraction of sp³-hybridized carbons (Fsp3) is 0.385. The number of carbonyl (C=O) groups is 2. The van der Waals surface area contributed by atoms with Crippen LogP contribution in [0.4, 0.5) is 5.69 Å². The number of anilines is 1. The first-order valence-corrected chi connectivity index (χ1v) is 7.79. The molecular formula is C13H17N3O4S. The molecule has 2 amide bonds. The quantitative estimate of drug-likeness (QED) is 0.775. The Morgan fingerprint density at radius 3 is 2.48 bits per heavy atom. The molecule has 2 N–H and O–H groups in total. The van der Waals surface area contributed by atoms with Crippen LogP contribution in [-0.4, -0.2) is 43.7 Å². The normalized spacial score (nSPS) is 19.2. The van der Waals surface area contributed by atoms with Crippen LogP contribution in [-0.2, 0) is 19.6 Å². The molecule has 0 unspecified atom stereocenters. The number of nitrogens with one attached hydrogen (secondary N) is 2. The number of piperazine rings is 1. The zero-order valence-corrected chi connectivity index (χ0v) is 12.8. The van der Waals surface area contributed by atoms with E-state index in [2.05, 4.69) is 10.6 Å². The van der Waals surface area contributed by atoms with E-state index >= 15 is 0 Å². The van der Waals surface area contributed by atoms with Gasteiger partial charge < -0.3 is 5.32 Å². The summed E-state index contributed by atoms with van der Waals surface area (Å²) in [5.74, 6) is -1.27. The maximum Gasteiger partial charge on any atom is 0.247 e. The first-order chi connectivity index (χ1) is 9.71. The van der Waals surface area contributed by atoms with Crippen molar-refractivity contribution in [3.05, 3.63) is 24.3 Å². The highest BCUT2D eigenvalue weighted by molar-refractivity contribution is 7.89.